The smallest absolute Gasteiger partial charge is 0.257 e. The van der Waals surface area contributed by atoms with Crippen molar-refractivity contribution in [3.8, 4) is 0 Å². The number of hydrogen-bond acceptors (Lipinski definition) is 5. The Morgan fingerprint density at radius 2 is 1.74 bits per heavy atom. The quantitative estimate of drug-likeness (QED) is 0.391. The van der Waals surface area contributed by atoms with E-state index in [9.17, 15) is 23.2 Å². The van der Waals surface area contributed by atoms with Crippen LogP contribution in [0.5, 0.6) is 0 Å². The molecule has 0 aliphatic carbocycles. The Bertz CT molecular complexity index is 930. The SMILES string of the molecule is CCCCC(NC(=O)C(CC(C)C)NC(=O)c1c(F)cccc1F)C(=O)CSCc1ccco1. The molecule has 0 bridgehead atoms. The molecule has 0 fully saturated rings. The molecule has 1 aromatic heterocycles. The van der Waals surface area contributed by atoms with Gasteiger partial charge >= 0.3 is 0 Å². The van der Waals surface area contributed by atoms with Gasteiger partial charge in [-0.15, -0.1) is 11.8 Å². The van der Waals surface area contributed by atoms with E-state index in [1.807, 2.05) is 26.8 Å². The van der Waals surface area contributed by atoms with Crippen LogP contribution in [0.25, 0.3) is 0 Å². The summed E-state index contributed by atoms with van der Waals surface area (Å²) >= 11 is 1.39. The van der Waals surface area contributed by atoms with Crippen molar-refractivity contribution in [2.75, 3.05) is 5.75 Å². The summed E-state index contributed by atoms with van der Waals surface area (Å²) in [6.45, 7) is 5.71. The van der Waals surface area contributed by atoms with E-state index in [1.54, 1.807) is 12.3 Å². The van der Waals surface area contributed by atoms with E-state index in [0.717, 1.165) is 36.8 Å². The van der Waals surface area contributed by atoms with Gasteiger partial charge in [-0.25, -0.2) is 8.78 Å². The van der Waals surface area contributed by atoms with Gasteiger partial charge in [0.05, 0.1) is 23.8 Å². The molecular weight excluding hydrogens is 462 g/mol. The highest BCUT2D eigenvalue weighted by Crippen LogP contribution is 2.16. The van der Waals surface area contributed by atoms with Crippen molar-refractivity contribution < 1.29 is 27.6 Å². The highest BCUT2D eigenvalue weighted by molar-refractivity contribution is 7.99. The molecule has 2 amide bonds. The molecule has 0 saturated carbocycles. The highest BCUT2D eigenvalue weighted by Gasteiger charge is 2.29. The number of carbonyl (C=O) groups excluding carboxylic acids is 3. The van der Waals surface area contributed by atoms with E-state index in [0.29, 0.717) is 12.2 Å². The van der Waals surface area contributed by atoms with E-state index in [2.05, 4.69) is 10.6 Å². The summed E-state index contributed by atoms with van der Waals surface area (Å²) < 4.78 is 33.3. The predicted molar refractivity (Wildman–Crippen MR) is 128 cm³/mol. The largest absolute Gasteiger partial charge is 0.468 e. The molecule has 186 valence electrons. The Morgan fingerprint density at radius 1 is 1.03 bits per heavy atom. The van der Waals surface area contributed by atoms with Crippen molar-refractivity contribution in [2.24, 2.45) is 5.92 Å². The second-order valence-corrected chi connectivity index (χ2v) is 9.48. The first-order valence-electron chi connectivity index (χ1n) is 11.4. The molecule has 2 N–H and O–H groups in total. The zero-order valence-corrected chi connectivity index (χ0v) is 20.6. The fourth-order valence-corrected chi connectivity index (χ4v) is 4.26. The van der Waals surface area contributed by atoms with E-state index in [1.165, 1.54) is 11.8 Å². The molecule has 6 nitrogen and oxygen atoms in total. The van der Waals surface area contributed by atoms with Crippen LogP contribution >= 0.6 is 11.8 Å². The van der Waals surface area contributed by atoms with Crippen molar-refractivity contribution in [1.82, 2.24) is 10.6 Å². The molecular formula is C25H32F2N2O4S. The predicted octanol–water partition coefficient (Wildman–Crippen LogP) is 4.88. The minimum absolute atomic E-state index is 0.00941. The highest BCUT2D eigenvalue weighted by atomic mass is 32.2. The molecule has 2 rings (SSSR count). The number of rotatable bonds is 14. The maximum Gasteiger partial charge on any atom is 0.257 e. The number of halogens is 2. The Labute approximate surface area is 203 Å². The van der Waals surface area contributed by atoms with Crippen molar-refractivity contribution in [1.29, 1.82) is 0 Å². The summed E-state index contributed by atoms with van der Waals surface area (Å²) in [5.41, 5.74) is -0.739. The van der Waals surface area contributed by atoms with Gasteiger partial charge in [0.1, 0.15) is 29.0 Å². The van der Waals surface area contributed by atoms with Crippen LogP contribution in [0.15, 0.2) is 41.0 Å². The molecule has 0 radical (unpaired) electrons. The number of thioether (sulfide) groups is 1. The molecule has 2 unspecified atom stereocenters. The van der Waals surface area contributed by atoms with Gasteiger partial charge in [0.2, 0.25) is 5.91 Å². The number of Topliss-reactive ketones (excluding diaryl/α,β-unsaturated/α-hetero) is 1. The average molecular weight is 495 g/mol. The first kappa shape index (κ1) is 27.6. The maximum absolute atomic E-state index is 14.0. The summed E-state index contributed by atoms with van der Waals surface area (Å²) in [5, 5.41) is 5.21. The monoisotopic (exact) mass is 494 g/mol. The Hall–Kier alpha value is -2.68. The summed E-state index contributed by atoms with van der Waals surface area (Å²) in [5.74, 6) is -2.22. The number of ketones is 1. The molecule has 0 saturated heterocycles. The van der Waals surface area contributed by atoms with Gasteiger partial charge in [0.15, 0.2) is 5.78 Å². The molecule has 1 aromatic carbocycles. The summed E-state index contributed by atoms with van der Waals surface area (Å²) in [4.78, 5) is 38.5. The van der Waals surface area contributed by atoms with Gasteiger partial charge in [-0.3, -0.25) is 14.4 Å². The van der Waals surface area contributed by atoms with Gasteiger partial charge in [-0.1, -0.05) is 39.7 Å². The molecule has 9 heteroatoms. The van der Waals surface area contributed by atoms with Crippen molar-refractivity contribution in [3.05, 3.63) is 59.6 Å². The topological polar surface area (TPSA) is 88.4 Å². The number of amides is 2. The zero-order valence-electron chi connectivity index (χ0n) is 19.7. The Morgan fingerprint density at radius 3 is 2.32 bits per heavy atom. The first-order chi connectivity index (χ1) is 16.2. The van der Waals surface area contributed by atoms with Crippen LogP contribution in [0, 0.1) is 17.6 Å². The van der Waals surface area contributed by atoms with Crippen LogP contribution in [0.4, 0.5) is 8.78 Å². The Balaban J connectivity index is 2.07. The zero-order chi connectivity index (χ0) is 25.1. The third-order valence-corrected chi connectivity index (χ3v) is 6.12. The normalized spacial score (nSPS) is 12.9. The van der Waals surface area contributed by atoms with Gasteiger partial charge < -0.3 is 15.1 Å². The average Bonchev–Trinajstić information content (AvgIpc) is 3.29. The molecule has 0 aliphatic rings. The minimum atomic E-state index is -1.04. The second kappa shape index (κ2) is 13.9. The van der Waals surface area contributed by atoms with E-state index < -0.39 is 41.1 Å². The van der Waals surface area contributed by atoms with Crippen LogP contribution in [0.3, 0.4) is 0 Å². The first-order valence-corrected chi connectivity index (χ1v) is 12.6. The van der Waals surface area contributed by atoms with E-state index in [-0.39, 0.29) is 23.9 Å². The van der Waals surface area contributed by atoms with Gasteiger partial charge in [-0.2, -0.15) is 0 Å². The van der Waals surface area contributed by atoms with Gasteiger partial charge in [0, 0.05) is 0 Å². The van der Waals surface area contributed by atoms with Crippen molar-refractivity contribution in [3.63, 3.8) is 0 Å². The molecule has 34 heavy (non-hydrogen) atoms. The second-order valence-electron chi connectivity index (χ2n) is 8.49. The fraction of sp³-hybridized carbons (Fsp3) is 0.480. The van der Waals surface area contributed by atoms with Crippen LogP contribution in [0.2, 0.25) is 0 Å². The molecule has 0 aliphatic heterocycles. The van der Waals surface area contributed by atoms with Crippen LogP contribution < -0.4 is 10.6 Å². The van der Waals surface area contributed by atoms with Gasteiger partial charge in [-0.05, 0) is 43.0 Å². The van der Waals surface area contributed by atoms with Crippen molar-refractivity contribution >= 4 is 29.4 Å². The molecule has 0 spiro atoms. The number of furan rings is 1. The van der Waals surface area contributed by atoms with Crippen LogP contribution in [-0.2, 0) is 15.3 Å². The molecule has 2 aromatic rings. The number of unbranched alkanes of at least 4 members (excludes halogenated alkanes) is 1. The van der Waals surface area contributed by atoms with Crippen molar-refractivity contribution in [2.45, 2.75) is 64.3 Å². The third-order valence-electron chi connectivity index (χ3n) is 5.14. The summed E-state index contributed by atoms with van der Waals surface area (Å²) in [7, 11) is 0. The Kier molecular flexibility index (Phi) is 11.3. The standard InChI is InChI=1S/C25H32F2N2O4S/c1-4-5-11-20(22(30)15-34-14-17-8-7-12-33-17)28-24(31)21(13-16(2)3)29-25(32)23-18(26)9-6-10-19(23)27/h6-10,12,16,20-21H,4-5,11,13-15H2,1-3H3,(H,28,31)(H,29,32). The lowest BCUT2D eigenvalue weighted by atomic mass is 10.0. The lowest BCUT2D eigenvalue weighted by Crippen LogP contribution is -2.52. The third kappa shape index (κ3) is 8.59. The minimum Gasteiger partial charge on any atom is -0.468 e. The maximum atomic E-state index is 14.0. The number of nitrogens with one attached hydrogen (secondary N) is 2. The number of hydrogen-bond donors (Lipinski definition) is 2. The lowest BCUT2D eigenvalue weighted by Gasteiger charge is -2.24. The number of carbonyl (C=O) groups is 3. The number of benzene rings is 1. The van der Waals surface area contributed by atoms with Gasteiger partial charge in [0.25, 0.3) is 5.91 Å². The summed E-state index contributed by atoms with van der Waals surface area (Å²) in [6.07, 6.45) is 3.86. The fourth-order valence-electron chi connectivity index (χ4n) is 3.39. The lowest BCUT2D eigenvalue weighted by molar-refractivity contribution is -0.128. The van der Waals surface area contributed by atoms with E-state index in [4.69, 9.17) is 4.42 Å². The summed E-state index contributed by atoms with van der Waals surface area (Å²) in [6, 6.07) is 4.97. The molecule has 1 heterocycles. The van der Waals surface area contributed by atoms with E-state index >= 15 is 0 Å². The van der Waals surface area contributed by atoms with Crippen LogP contribution in [0.1, 0.15) is 62.6 Å². The van der Waals surface area contributed by atoms with Crippen LogP contribution in [-0.4, -0.2) is 35.4 Å². The molecule has 2 atom stereocenters.